The molecule has 1 saturated heterocycles. The van der Waals surface area contributed by atoms with E-state index >= 15 is 0 Å². The van der Waals surface area contributed by atoms with Crippen LogP contribution in [-0.2, 0) is 14.5 Å². The maximum absolute atomic E-state index is 12.4. The largest absolute Gasteiger partial charge is 0.507 e. The lowest BCUT2D eigenvalue weighted by Crippen LogP contribution is -2.41. The van der Waals surface area contributed by atoms with Gasteiger partial charge in [-0.3, -0.25) is 0 Å². The van der Waals surface area contributed by atoms with E-state index in [1.807, 2.05) is 32.9 Å². The highest BCUT2D eigenvalue weighted by atomic mass is 32.2. The Bertz CT molecular complexity index is 909. The third kappa shape index (κ3) is 4.21. The first-order valence-electron chi connectivity index (χ1n) is 9.86. The van der Waals surface area contributed by atoms with E-state index in [1.54, 1.807) is 0 Å². The molecule has 2 aliphatic rings. The standard InChI is InChI=1S/C21H29BO5S/c1-5-16(10-17-8-13(2)21(23)14(3)9-17)6-7-18-20-15(4)12-28(25,26)19(20)11-22(24)27-18/h8-10,18-19,23-24H,5-7,11-12H2,1-4H3/b16-10+/t18-,19+/m1/s1. The molecule has 2 heterocycles. The Morgan fingerprint density at radius 2 is 1.93 bits per heavy atom. The Morgan fingerprint density at radius 1 is 1.29 bits per heavy atom. The van der Waals surface area contributed by atoms with Gasteiger partial charge in [0, 0.05) is 6.32 Å². The van der Waals surface area contributed by atoms with E-state index in [0.717, 1.165) is 40.7 Å². The Labute approximate surface area is 168 Å². The van der Waals surface area contributed by atoms with Crippen molar-refractivity contribution in [1.82, 2.24) is 0 Å². The molecule has 2 N–H and O–H groups in total. The number of benzene rings is 1. The van der Waals surface area contributed by atoms with Crippen LogP contribution < -0.4 is 0 Å². The van der Waals surface area contributed by atoms with Crippen LogP contribution in [0, 0.1) is 13.8 Å². The van der Waals surface area contributed by atoms with Crippen molar-refractivity contribution in [2.24, 2.45) is 0 Å². The average Bonchev–Trinajstić information content (AvgIpc) is 2.84. The number of aryl methyl sites for hydroxylation is 2. The number of rotatable bonds is 5. The van der Waals surface area contributed by atoms with Crippen molar-refractivity contribution >= 4 is 23.0 Å². The molecule has 5 nitrogen and oxygen atoms in total. The highest BCUT2D eigenvalue weighted by molar-refractivity contribution is 7.92. The number of aromatic hydroxyl groups is 1. The molecule has 2 aliphatic heterocycles. The van der Waals surface area contributed by atoms with Gasteiger partial charge in [0.25, 0.3) is 0 Å². The number of phenolic OH excluding ortho intramolecular Hbond substituents is 1. The van der Waals surface area contributed by atoms with Crippen molar-refractivity contribution < 1.29 is 23.2 Å². The van der Waals surface area contributed by atoms with Gasteiger partial charge in [0.05, 0.1) is 17.1 Å². The van der Waals surface area contributed by atoms with Gasteiger partial charge in [0.15, 0.2) is 9.84 Å². The van der Waals surface area contributed by atoms with E-state index in [2.05, 4.69) is 13.0 Å². The van der Waals surface area contributed by atoms with E-state index in [-0.39, 0.29) is 18.2 Å². The summed E-state index contributed by atoms with van der Waals surface area (Å²) >= 11 is 0. The summed E-state index contributed by atoms with van der Waals surface area (Å²) in [7, 11) is -4.25. The summed E-state index contributed by atoms with van der Waals surface area (Å²) in [5.41, 5.74) is 5.70. The van der Waals surface area contributed by atoms with Crippen molar-refractivity contribution in [2.45, 2.75) is 64.6 Å². The number of allylic oxidation sites excluding steroid dienone is 1. The second-order valence-electron chi connectivity index (χ2n) is 8.04. The van der Waals surface area contributed by atoms with Gasteiger partial charge in [-0.15, -0.1) is 0 Å². The highest BCUT2D eigenvalue weighted by Crippen LogP contribution is 2.39. The van der Waals surface area contributed by atoms with E-state index in [0.29, 0.717) is 12.2 Å². The number of hydrogen-bond donors (Lipinski definition) is 2. The molecule has 0 amide bonds. The summed E-state index contributed by atoms with van der Waals surface area (Å²) in [4.78, 5) is 0. The van der Waals surface area contributed by atoms with Crippen LogP contribution in [0.3, 0.4) is 0 Å². The van der Waals surface area contributed by atoms with Crippen LogP contribution in [0.4, 0.5) is 0 Å². The molecule has 0 aromatic heterocycles. The molecule has 0 radical (unpaired) electrons. The Kier molecular flexibility index (Phi) is 6.08. The summed E-state index contributed by atoms with van der Waals surface area (Å²) in [6, 6.07) is 3.93. The van der Waals surface area contributed by atoms with E-state index in [9.17, 15) is 18.5 Å². The second-order valence-corrected chi connectivity index (χ2v) is 10.2. The Balaban J connectivity index is 1.78. The molecule has 0 bridgehead atoms. The second kappa shape index (κ2) is 8.05. The molecular formula is C21H29BO5S. The highest BCUT2D eigenvalue weighted by Gasteiger charge is 2.47. The fourth-order valence-electron chi connectivity index (χ4n) is 4.41. The minimum atomic E-state index is -3.22. The summed E-state index contributed by atoms with van der Waals surface area (Å²) in [6.45, 7) is 7.73. The summed E-state index contributed by atoms with van der Waals surface area (Å²) in [5, 5.41) is 19.4. The number of fused-ring (bicyclic) bond motifs is 1. The molecule has 0 aliphatic carbocycles. The molecule has 0 unspecified atom stereocenters. The van der Waals surface area contributed by atoms with Crippen molar-refractivity contribution in [3.63, 3.8) is 0 Å². The first kappa shape index (κ1) is 21.2. The lowest BCUT2D eigenvalue weighted by atomic mass is 9.74. The van der Waals surface area contributed by atoms with E-state index in [4.69, 9.17) is 4.65 Å². The summed E-state index contributed by atoms with van der Waals surface area (Å²) in [5.74, 6) is 0.401. The Morgan fingerprint density at radius 3 is 2.54 bits per heavy atom. The molecule has 1 aromatic rings. The maximum Gasteiger partial charge on any atom is 0.456 e. The van der Waals surface area contributed by atoms with Gasteiger partial charge in [-0.05, 0) is 74.4 Å². The quantitative estimate of drug-likeness (QED) is 0.579. The third-order valence-electron chi connectivity index (χ3n) is 5.84. The minimum absolute atomic E-state index is 0.0715. The van der Waals surface area contributed by atoms with Crippen LogP contribution >= 0.6 is 0 Å². The van der Waals surface area contributed by atoms with Gasteiger partial charge < -0.3 is 14.8 Å². The van der Waals surface area contributed by atoms with E-state index < -0.39 is 22.2 Å². The molecular weight excluding hydrogens is 375 g/mol. The minimum Gasteiger partial charge on any atom is -0.507 e. The number of hydrogen-bond acceptors (Lipinski definition) is 5. The van der Waals surface area contributed by atoms with Gasteiger partial charge in [0.2, 0.25) is 0 Å². The monoisotopic (exact) mass is 404 g/mol. The van der Waals surface area contributed by atoms with Crippen molar-refractivity contribution in [3.8, 4) is 5.75 Å². The predicted octanol–water partition coefficient (Wildman–Crippen LogP) is 3.58. The molecule has 2 atom stereocenters. The SMILES string of the molecule is CC/C(=C\c1cc(C)c(O)c(C)c1)CC[C@H]1OB(O)C[C@H]2C1=C(C)CS2(=O)=O. The zero-order valence-electron chi connectivity index (χ0n) is 17.0. The lowest BCUT2D eigenvalue weighted by molar-refractivity contribution is 0.170. The first-order valence-corrected chi connectivity index (χ1v) is 11.6. The van der Waals surface area contributed by atoms with Crippen LogP contribution in [0.2, 0.25) is 6.32 Å². The third-order valence-corrected chi connectivity index (χ3v) is 7.99. The van der Waals surface area contributed by atoms with Crippen LogP contribution in [0.15, 0.2) is 28.9 Å². The molecule has 3 rings (SSSR count). The normalized spacial score (nSPS) is 24.6. The van der Waals surface area contributed by atoms with Gasteiger partial charge in [-0.2, -0.15) is 0 Å². The first-order chi connectivity index (χ1) is 13.1. The predicted molar refractivity (Wildman–Crippen MR) is 113 cm³/mol. The van der Waals surface area contributed by atoms with Gasteiger partial charge in [0.1, 0.15) is 5.75 Å². The molecule has 7 heteroatoms. The Hall–Kier alpha value is -1.57. The van der Waals surface area contributed by atoms with Crippen molar-refractivity contribution in [2.75, 3.05) is 5.75 Å². The van der Waals surface area contributed by atoms with E-state index in [1.165, 1.54) is 5.57 Å². The van der Waals surface area contributed by atoms with Crippen molar-refractivity contribution in [1.29, 1.82) is 0 Å². The summed E-state index contributed by atoms with van der Waals surface area (Å²) in [6.07, 6.45) is 4.18. The smallest absolute Gasteiger partial charge is 0.456 e. The van der Waals surface area contributed by atoms with Crippen LogP contribution in [0.25, 0.3) is 6.08 Å². The maximum atomic E-state index is 12.4. The zero-order valence-corrected chi connectivity index (χ0v) is 17.8. The fraction of sp³-hybridized carbons (Fsp3) is 0.524. The van der Waals surface area contributed by atoms with Gasteiger partial charge >= 0.3 is 7.12 Å². The number of phenols is 1. The zero-order chi connectivity index (χ0) is 20.6. The average molecular weight is 404 g/mol. The topological polar surface area (TPSA) is 83.8 Å². The molecule has 1 aromatic carbocycles. The molecule has 0 spiro atoms. The molecule has 28 heavy (non-hydrogen) atoms. The van der Waals surface area contributed by atoms with Crippen LogP contribution in [-0.4, -0.2) is 42.8 Å². The molecule has 0 saturated carbocycles. The number of sulfone groups is 1. The van der Waals surface area contributed by atoms with Gasteiger partial charge in [-0.1, -0.05) is 24.1 Å². The van der Waals surface area contributed by atoms with Crippen molar-refractivity contribution in [3.05, 3.63) is 45.5 Å². The summed E-state index contributed by atoms with van der Waals surface area (Å²) < 4.78 is 30.5. The lowest BCUT2D eigenvalue weighted by Gasteiger charge is -2.31. The van der Waals surface area contributed by atoms with Crippen LogP contribution in [0.5, 0.6) is 5.75 Å². The fourth-order valence-corrected chi connectivity index (χ4v) is 6.58. The van der Waals surface area contributed by atoms with Crippen LogP contribution in [0.1, 0.15) is 49.8 Å². The molecule has 1 fully saturated rings. The van der Waals surface area contributed by atoms with Gasteiger partial charge in [-0.25, -0.2) is 8.42 Å². The molecule has 152 valence electrons.